The second-order valence-electron chi connectivity index (χ2n) is 5.61. The third kappa shape index (κ3) is 2.00. The summed E-state index contributed by atoms with van der Waals surface area (Å²) in [5.41, 5.74) is 0.273. The van der Waals surface area contributed by atoms with Gasteiger partial charge in [0.15, 0.2) is 0 Å². The molecule has 0 bridgehead atoms. The van der Waals surface area contributed by atoms with Crippen LogP contribution in [-0.2, 0) is 10.0 Å². The molecule has 1 unspecified atom stereocenters. The van der Waals surface area contributed by atoms with Gasteiger partial charge in [-0.2, -0.15) is 0 Å². The van der Waals surface area contributed by atoms with Gasteiger partial charge in [-0.25, -0.2) is 13.1 Å². The lowest BCUT2D eigenvalue weighted by Crippen LogP contribution is -2.59. The Labute approximate surface area is 97.2 Å². The highest BCUT2D eigenvalue weighted by Gasteiger charge is 2.43. The molecule has 3 fully saturated rings. The maximum atomic E-state index is 11.8. The minimum atomic E-state index is -3.00. The van der Waals surface area contributed by atoms with Gasteiger partial charge in [0.25, 0.3) is 0 Å². The first-order chi connectivity index (χ1) is 7.60. The van der Waals surface area contributed by atoms with Crippen molar-refractivity contribution in [2.24, 2.45) is 0 Å². The molecule has 16 heavy (non-hydrogen) atoms. The van der Waals surface area contributed by atoms with E-state index in [1.807, 2.05) is 0 Å². The molecule has 1 heterocycles. The molecule has 0 aromatic heterocycles. The van der Waals surface area contributed by atoms with Crippen LogP contribution < -0.4 is 10.0 Å². The van der Waals surface area contributed by atoms with Crippen molar-refractivity contribution in [1.82, 2.24) is 10.0 Å². The van der Waals surface area contributed by atoms with Gasteiger partial charge < -0.3 is 5.32 Å². The van der Waals surface area contributed by atoms with E-state index >= 15 is 0 Å². The van der Waals surface area contributed by atoms with E-state index in [2.05, 4.69) is 10.0 Å². The first kappa shape index (κ1) is 11.0. The molecule has 3 aliphatic rings. The number of nitrogens with one attached hydrogen (secondary N) is 2. The van der Waals surface area contributed by atoms with E-state index in [1.165, 1.54) is 19.3 Å². The van der Waals surface area contributed by atoms with Crippen molar-refractivity contribution in [2.75, 3.05) is 6.54 Å². The molecule has 5 heteroatoms. The first-order valence-corrected chi connectivity index (χ1v) is 7.91. The summed E-state index contributed by atoms with van der Waals surface area (Å²) in [6.07, 6.45) is 7.35. The van der Waals surface area contributed by atoms with Crippen LogP contribution in [0.1, 0.15) is 44.9 Å². The highest BCUT2D eigenvalue weighted by atomic mass is 32.2. The molecule has 0 radical (unpaired) electrons. The standard InChI is InChI=1S/C11H20N2O2S/c14-16(15,10-2-3-10)13-9-4-7-12-11(8-9)5-1-6-11/h9-10,12-13H,1-8H2. The predicted octanol–water partition coefficient (Wildman–Crippen LogP) is 0.743. The van der Waals surface area contributed by atoms with Crippen molar-refractivity contribution >= 4 is 10.0 Å². The third-order valence-corrected chi connectivity index (χ3v) is 6.25. The third-order valence-electron chi connectivity index (χ3n) is 4.23. The fourth-order valence-electron chi connectivity index (χ4n) is 2.95. The molecule has 1 aliphatic heterocycles. The molecule has 92 valence electrons. The first-order valence-electron chi connectivity index (χ1n) is 6.36. The van der Waals surface area contributed by atoms with Crippen LogP contribution >= 0.6 is 0 Å². The Bertz CT molecular complexity index is 371. The highest BCUT2D eigenvalue weighted by molar-refractivity contribution is 7.90. The fourth-order valence-corrected chi connectivity index (χ4v) is 4.56. The molecule has 2 N–H and O–H groups in total. The highest BCUT2D eigenvalue weighted by Crippen LogP contribution is 2.39. The normalized spacial score (nSPS) is 33.6. The number of sulfonamides is 1. The molecule has 2 aliphatic carbocycles. The lowest BCUT2D eigenvalue weighted by molar-refractivity contribution is 0.126. The van der Waals surface area contributed by atoms with Gasteiger partial charge in [0.2, 0.25) is 10.0 Å². The summed E-state index contributed by atoms with van der Waals surface area (Å²) in [4.78, 5) is 0. The summed E-state index contributed by atoms with van der Waals surface area (Å²) in [5, 5.41) is 3.47. The van der Waals surface area contributed by atoms with Gasteiger partial charge in [-0.1, -0.05) is 0 Å². The quantitative estimate of drug-likeness (QED) is 0.770. The van der Waals surface area contributed by atoms with Crippen molar-refractivity contribution in [1.29, 1.82) is 0 Å². The van der Waals surface area contributed by atoms with Crippen LogP contribution in [0.4, 0.5) is 0 Å². The van der Waals surface area contributed by atoms with E-state index in [0.717, 1.165) is 32.2 Å². The molecule has 1 saturated heterocycles. The summed E-state index contributed by atoms with van der Waals surface area (Å²) >= 11 is 0. The van der Waals surface area contributed by atoms with Gasteiger partial charge in [-0.3, -0.25) is 0 Å². The average Bonchev–Trinajstić information content (AvgIpc) is 2.98. The van der Waals surface area contributed by atoms with E-state index < -0.39 is 10.0 Å². The molecular formula is C11H20N2O2S. The van der Waals surface area contributed by atoms with Crippen molar-refractivity contribution in [3.05, 3.63) is 0 Å². The van der Waals surface area contributed by atoms with Gasteiger partial charge >= 0.3 is 0 Å². The summed E-state index contributed by atoms with van der Waals surface area (Å²) in [7, 11) is -3.00. The molecule has 0 aromatic carbocycles. The lowest BCUT2D eigenvalue weighted by atomic mass is 9.70. The van der Waals surface area contributed by atoms with E-state index in [1.54, 1.807) is 0 Å². The molecule has 1 spiro atoms. The van der Waals surface area contributed by atoms with E-state index in [9.17, 15) is 8.42 Å². The van der Waals surface area contributed by atoms with Gasteiger partial charge in [-0.05, 0) is 51.5 Å². The zero-order chi connectivity index (χ0) is 11.2. The number of hydrogen-bond donors (Lipinski definition) is 2. The topological polar surface area (TPSA) is 58.2 Å². The van der Waals surface area contributed by atoms with Gasteiger partial charge in [-0.15, -0.1) is 0 Å². The maximum Gasteiger partial charge on any atom is 0.214 e. The second kappa shape index (κ2) is 3.68. The summed E-state index contributed by atoms with van der Waals surface area (Å²) < 4.78 is 26.6. The molecular weight excluding hydrogens is 224 g/mol. The smallest absolute Gasteiger partial charge is 0.214 e. The molecule has 0 amide bonds. The van der Waals surface area contributed by atoms with Crippen molar-refractivity contribution in [3.8, 4) is 0 Å². The van der Waals surface area contributed by atoms with Gasteiger partial charge in [0.05, 0.1) is 5.25 Å². The number of rotatable bonds is 3. The Hall–Kier alpha value is -0.130. The molecule has 1 atom stereocenters. The molecule has 2 saturated carbocycles. The lowest BCUT2D eigenvalue weighted by Gasteiger charge is -2.48. The fraction of sp³-hybridized carbons (Fsp3) is 1.00. The minimum absolute atomic E-state index is 0.0836. The summed E-state index contributed by atoms with van der Waals surface area (Å²) in [5.74, 6) is 0. The van der Waals surface area contributed by atoms with E-state index in [0.29, 0.717) is 0 Å². The van der Waals surface area contributed by atoms with Crippen LogP contribution in [0.15, 0.2) is 0 Å². The monoisotopic (exact) mass is 244 g/mol. The predicted molar refractivity (Wildman–Crippen MR) is 62.7 cm³/mol. The molecule has 0 aromatic rings. The Morgan fingerprint density at radius 3 is 2.50 bits per heavy atom. The second-order valence-corrected chi connectivity index (χ2v) is 7.60. The van der Waals surface area contributed by atoms with Crippen LogP contribution in [0.5, 0.6) is 0 Å². The van der Waals surface area contributed by atoms with Crippen molar-refractivity contribution < 1.29 is 8.42 Å². The van der Waals surface area contributed by atoms with Crippen LogP contribution in [-0.4, -0.2) is 31.8 Å². The average molecular weight is 244 g/mol. The van der Waals surface area contributed by atoms with Gasteiger partial charge in [0, 0.05) is 11.6 Å². The summed E-state index contributed by atoms with van der Waals surface area (Å²) in [6, 6.07) is 0.173. The number of piperidine rings is 1. The zero-order valence-corrected chi connectivity index (χ0v) is 10.4. The SMILES string of the molecule is O=S(=O)(NC1CCNC2(CCC2)C1)C1CC1. The van der Waals surface area contributed by atoms with Crippen molar-refractivity contribution in [2.45, 2.75) is 61.8 Å². The largest absolute Gasteiger partial charge is 0.311 e. The van der Waals surface area contributed by atoms with Crippen LogP contribution in [0, 0.1) is 0 Å². The van der Waals surface area contributed by atoms with E-state index in [-0.39, 0.29) is 16.8 Å². The van der Waals surface area contributed by atoms with Crippen molar-refractivity contribution in [3.63, 3.8) is 0 Å². The molecule has 4 nitrogen and oxygen atoms in total. The Morgan fingerprint density at radius 1 is 1.19 bits per heavy atom. The zero-order valence-electron chi connectivity index (χ0n) is 9.54. The Kier molecular flexibility index (Phi) is 2.53. The summed E-state index contributed by atoms with van der Waals surface area (Å²) in [6.45, 7) is 0.956. The maximum absolute atomic E-state index is 11.8. The Morgan fingerprint density at radius 2 is 1.94 bits per heavy atom. The Balaban J connectivity index is 1.62. The van der Waals surface area contributed by atoms with Crippen LogP contribution in [0.2, 0.25) is 0 Å². The minimum Gasteiger partial charge on any atom is -0.311 e. The molecule has 3 rings (SSSR count). The van der Waals surface area contributed by atoms with E-state index in [4.69, 9.17) is 0 Å². The number of hydrogen-bond acceptors (Lipinski definition) is 3. The van der Waals surface area contributed by atoms with Crippen LogP contribution in [0.3, 0.4) is 0 Å². The van der Waals surface area contributed by atoms with Gasteiger partial charge in [0.1, 0.15) is 0 Å². The van der Waals surface area contributed by atoms with Crippen LogP contribution in [0.25, 0.3) is 0 Å².